The summed E-state index contributed by atoms with van der Waals surface area (Å²) in [7, 11) is -2.29. The van der Waals surface area contributed by atoms with Gasteiger partial charge < -0.3 is 29.0 Å². The standard InChI is InChI=1S/C31H40N6O9S/c1-42-12-13-44-16-17-46-19-18-45-15-14-43-11-10-36-23-28(33-35-36)24-6-5-9-27(20-24)47(40,41)34-25-21-31(22-25)29(38)37(30(39)32-31)26-7-3-2-4-8-26/h2-9,20,23,25,34H,10-19,21-22H2,1H3,(H,32,39). The fourth-order valence-corrected chi connectivity index (χ4v) is 6.57. The van der Waals surface area contributed by atoms with Crippen molar-refractivity contribution >= 4 is 27.6 Å². The summed E-state index contributed by atoms with van der Waals surface area (Å²) >= 11 is 0. The Labute approximate surface area is 273 Å². The molecule has 16 heteroatoms. The molecule has 2 aromatic carbocycles. The number of para-hydroxylation sites is 1. The van der Waals surface area contributed by atoms with Gasteiger partial charge in [-0.2, -0.15) is 0 Å². The second-order valence-electron chi connectivity index (χ2n) is 11.1. The third kappa shape index (κ3) is 8.98. The largest absolute Gasteiger partial charge is 0.382 e. The van der Waals surface area contributed by atoms with E-state index in [2.05, 4.69) is 20.4 Å². The van der Waals surface area contributed by atoms with Gasteiger partial charge in [0.25, 0.3) is 5.91 Å². The molecule has 2 N–H and O–H groups in total. The van der Waals surface area contributed by atoms with E-state index < -0.39 is 27.6 Å². The number of carbonyl (C=O) groups excluding carboxylic acids is 2. The summed E-state index contributed by atoms with van der Waals surface area (Å²) < 4.78 is 57.5. The topological polar surface area (TPSA) is 172 Å². The highest BCUT2D eigenvalue weighted by molar-refractivity contribution is 7.89. The predicted molar refractivity (Wildman–Crippen MR) is 169 cm³/mol. The van der Waals surface area contributed by atoms with Crippen LogP contribution < -0.4 is 14.9 Å². The number of anilines is 1. The van der Waals surface area contributed by atoms with Crippen molar-refractivity contribution in [3.05, 3.63) is 60.8 Å². The first-order chi connectivity index (χ1) is 22.8. The molecule has 5 rings (SSSR count). The minimum Gasteiger partial charge on any atom is -0.382 e. The maximum Gasteiger partial charge on any atom is 0.329 e. The predicted octanol–water partition coefficient (Wildman–Crippen LogP) is 1.59. The van der Waals surface area contributed by atoms with Crippen LogP contribution in [0, 0.1) is 0 Å². The van der Waals surface area contributed by atoms with Crippen LogP contribution in [0.3, 0.4) is 0 Å². The molecule has 3 aromatic rings. The molecule has 0 radical (unpaired) electrons. The smallest absolute Gasteiger partial charge is 0.329 e. The number of urea groups is 1. The Bertz CT molecular complexity index is 1580. The van der Waals surface area contributed by atoms with E-state index in [-0.39, 0.29) is 23.6 Å². The third-order valence-corrected chi connectivity index (χ3v) is 9.20. The van der Waals surface area contributed by atoms with E-state index in [4.69, 9.17) is 23.7 Å². The normalized spacial score (nSPS) is 19.3. The van der Waals surface area contributed by atoms with Crippen LogP contribution in [0.1, 0.15) is 12.8 Å². The number of carbonyl (C=O) groups is 2. The van der Waals surface area contributed by atoms with Crippen LogP contribution in [0.2, 0.25) is 0 Å². The highest BCUT2D eigenvalue weighted by Gasteiger charge is 2.59. The molecular formula is C31H40N6O9S. The van der Waals surface area contributed by atoms with Gasteiger partial charge in [-0.3, -0.25) is 4.79 Å². The number of hydrogen-bond donors (Lipinski definition) is 2. The number of aromatic nitrogens is 3. The molecule has 0 unspecified atom stereocenters. The van der Waals surface area contributed by atoms with Gasteiger partial charge in [0.1, 0.15) is 11.2 Å². The van der Waals surface area contributed by atoms with Gasteiger partial charge in [-0.15, -0.1) is 5.10 Å². The van der Waals surface area contributed by atoms with Crippen molar-refractivity contribution in [3.63, 3.8) is 0 Å². The highest BCUT2D eigenvalue weighted by Crippen LogP contribution is 2.40. The monoisotopic (exact) mass is 672 g/mol. The zero-order valence-electron chi connectivity index (χ0n) is 26.2. The fraction of sp³-hybridized carbons (Fsp3) is 0.484. The molecule has 2 heterocycles. The maximum atomic E-state index is 13.2. The summed E-state index contributed by atoms with van der Waals surface area (Å²) in [5.41, 5.74) is 0.444. The molecule has 0 atom stereocenters. The van der Waals surface area contributed by atoms with Crippen LogP contribution in [-0.2, 0) is 45.0 Å². The van der Waals surface area contributed by atoms with E-state index in [9.17, 15) is 18.0 Å². The summed E-state index contributed by atoms with van der Waals surface area (Å²) in [6.45, 7) is 4.78. The number of imide groups is 1. The lowest BCUT2D eigenvalue weighted by molar-refractivity contribution is -0.125. The van der Waals surface area contributed by atoms with Crippen LogP contribution in [0.4, 0.5) is 10.5 Å². The zero-order valence-corrected chi connectivity index (χ0v) is 27.0. The van der Waals surface area contributed by atoms with E-state index in [0.717, 1.165) is 4.90 Å². The summed E-state index contributed by atoms with van der Waals surface area (Å²) in [5.74, 6) is -0.384. The first-order valence-electron chi connectivity index (χ1n) is 15.4. The first kappa shape index (κ1) is 34.6. The molecule has 2 aliphatic rings. The quantitative estimate of drug-likeness (QED) is 0.132. The second-order valence-corrected chi connectivity index (χ2v) is 12.8. The molecule has 1 spiro atoms. The van der Waals surface area contributed by atoms with Gasteiger partial charge in [0, 0.05) is 18.7 Å². The number of methoxy groups -OCH3 is 1. The lowest BCUT2D eigenvalue weighted by atomic mass is 9.73. The Morgan fingerprint density at radius 1 is 0.872 bits per heavy atom. The average Bonchev–Trinajstić information content (AvgIpc) is 3.63. The number of nitrogens with zero attached hydrogens (tertiary/aromatic N) is 4. The number of ether oxygens (including phenoxy) is 5. The minimum absolute atomic E-state index is 0.0577. The number of hydrogen-bond acceptors (Lipinski definition) is 11. The van der Waals surface area contributed by atoms with Gasteiger partial charge in [0.2, 0.25) is 10.0 Å². The molecule has 0 bridgehead atoms. The molecule has 15 nitrogen and oxygen atoms in total. The van der Waals surface area contributed by atoms with E-state index in [1.54, 1.807) is 60.5 Å². The molecule has 3 amide bonds. The van der Waals surface area contributed by atoms with Crippen molar-refractivity contribution in [2.24, 2.45) is 0 Å². The van der Waals surface area contributed by atoms with Crippen molar-refractivity contribution in [1.82, 2.24) is 25.0 Å². The average molecular weight is 673 g/mol. The van der Waals surface area contributed by atoms with E-state index in [1.165, 1.54) is 12.1 Å². The highest BCUT2D eigenvalue weighted by atomic mass is 32.2. The van der Waals surface area contributed by atoms with Gasteiger partial charge in [-0.05, 0) is 37.1 Å². The Hall–Kier alpha value is -3.77. The minimum atomic E-state index is -3.92. The molecular weight excluding hydrogens is 632 g/mol. The molecule has 1 aliphatic carbocycles. The molecule has 1 aromatic heterocycles. The van der Waals surface area contributed by atoms with Gasteiger partial charge in [0.05, 0.1) is 82.8 Å². The Morgan fingerprint density at radius 2 is 1.51 bits per heavy atom. The number of nitrogens with one attached hydrogen (secondary N) is 2. The van der Waals surface area contributed by atoms with Gasteiger partial charge in [-0.25, -0.2) is 27.5 Å². The Kier molecular flexibility index (Phi) is 12.0. The van der Waals surface area contributed by atoms with Crippen molar-refractivity contribution < 1.29 is 41.7 Å². The van der Waals surface area contributed by atoms with Crippen LogP contribution >= 0.6 is 0 Å². The lowest BCUT2D eigenvalue weighted by Gasteiger charge is -2.42. The van der Waals surface area contributed by atoms with Gasteiger partial charge >= 0.3 is 6.03 Å². The molecule has 254 valence electrons. The summed E-state index contributed by atoms with van der Waals surface area (Å²) in [6.07, 6.45) is 2.03. The van der Waals surface area contributed by atoms with Gasteiger partial charge in [0.15, 0.2) is 0 Å². The number of sulfonamides is 1. The summed E-state index contributed by atoms with van der Waals surface area (Å²) in [5, 5.41) is 11.1. The van der Waals surface area contributed by atoms with Crippen LogP contribution in [0.5, 0.6) is 0 Å². The van der Waals surface area contributed by atoms with Crippen molar-refractivity contribution in [2.45, 2.75) is 35.9 Å². The first-order valence-corrected chi connectivity index (χ1v) is 16.8. The lowest BCUT2D eigenvalue weighted by Crippen LogP contribution is -2.63. The fourth-order valence-electron chi connectivity index (χ4n) is 5.29. The van der Waals surface area contributed by atoms with Crippen LogP contribution in [-0.4, -0.2) is 114 Å². The van der Waals surface area contributed by atoms with Gasteiger partial charge in [-0.1, -0.05) is 35.5 Å². The van der Waals surface area contributed by atoms with E-state index in [0.29, 0.717) is 83.0 Å². The molecule has 47 heavy (non-hydrogen) atoms. The zero-order chi connectivity index (χ0) is 33.1. The number of benzene rings is 2. The second kappa shape index (κ2) is 16.4. The van der Waals surface area contributed by atoms with Crippen molar-refractivity contribution in [2.75, 3.05) is 71.5 Å². The van der Waals surface area contributed by atoms with Crippen molar-refractivity contribution in [1.29, 1.82) is 0 Å². The Balaban J connectivity index is 1.02. The molecule has 1 aliphatic heterocycles. The molecule has 1 saturated heterocycles. The maximum absolute atomic E-state index is 13.2. The number of rotatable bonds is 20. The third-order valence-electron chi connectivity index (χ3n) is 7.68. The van der Waals surface area contributed by atoms with E-state index in [1.807, 2.05) is 0 Å². The summed E-state index contributed by atoms with van der Waals surface area (Å²) in [6, 6.07) is 14.0. The van der Waals surface area contributed by atoms with Crippen molar-refractivity contribution in [3.8, 4) is 11.3 Å². The van der Waals surface area contributed by atoms with Crippen LogP contribution in [0.25, 0.3) is 11.3 Å². The molecule has 1 saturated carbocycles. The Morgan fingerprint density at radius 3 is 2.17 bits per heavy atom. The number of amides is 3. The van der Waals surface area contributed by atoms with Crippen LogP contribution in [0.15, 0.2) is 65.7 Å². The van der Waals surface area contributed by atoms with E-state index >= 15 is 0 Å². The SMILES string of the molecule is COCCOCCOCCOCCOCCn1cc(-c2cccc(S(=O)(=O)NC3CC4(C3)NC(=O)N(c3ccccc3)C4=O)c2)nn1. The summed E-state index contributed by atoms with van der Waals surface area (Å²) in [4.78, 5) is 26.9. The molecule has 2 fully saturated rings.